The summed E-state index contributed by atoms with van der Waals surface area (Å²) >= 11 is 3.32. The van der Waals surface area contributed by atoms with Crippen LogP contribution in [0.1, 0.15) is 0 Å². The largest absolute Gasteiger partial charge is 0.373 e. The number of halogens is 1. The summed E-state index contributed by atoms with van der Waals surface area (Å²) < 4.78 is 28.0. The highest BCUT2D eigenvalue weighted by atomic mass is 79.9. The average molecular weight is 524 g/mol. The molecule has 32 heavy (non-hydrogen) atoms. The molecule has 2 aliphatic heterocycles. The van der Waals surface area contributed by atoms with Gasteiger partial charge in [-0.05, 0) is 24.3 Å². The number of aromatic nitrogens is 2. The Hall–Kier alpha value is -2.44. The molecule has 4 rings (SSSR count). The lowest BCUT2D eigenvalue weighted by Crippen LogP contribution is -2.57. The molecule has 172 valence electrons. The van der Waals surface area contributed by atoms with Crippen LogP contribution in [-0.4, -0.2) is 97.9 Å². The lowest BCUT2D eigenvalue weighted by atomic mass is 10.3. The van der Waals surface area contributed by atoms with Crippen molar-refractivity contribution in [3.63, 3.8) is 0 Å². The molecular weight excluding hydrogens is 498 g/mol. The number of amides is 2. The van der Waals surface area contributed by atoms with Crippen molar-refractivity contribution in [1.29, 1.82) is 0 Å². The summed E-state index contributed by atoms with van der Waals surface area (Å²) in [4.78, 5) is 27.4. The molecular formula is C20H26BrN7O3S. The second-order valence-corrected chi connectivity index (χ2v) is 10.5. The topological polar surface area (TPSA) is 102 Å². The van der Waals surface area contributed by atoms with Gasteiger partial charge in [0.05, 0.1) is 4.90 Å². The number of nitrogens with one attached hydrogen (secondary N) is 1. The monoisotopic (exact) mass is 523 g/mol. The average Bonchev–Trinajstić information content (AvgIpc) is 2.84. The standard InChI is InChI=1S/C20H26BrN7O3S/c1-22-18-14-19(24-15-23-18)25-6-8-26(9-7-25)20(29)27-10-12-28(13-11-27)32(30,31)17-4-2-16(21)3-5-17/h2-5,14-15H,6-13H2,1H3,(H,22,23,24). The first kappa shape index (κ1) is 22.7. The van der Waals surface area contributed by atoms with Gasteiger partial charge in [0, 0.05) is 69.9 Å². The third kappa shape index (κ3) is 4.81. The zero-order chi connectivity index (χ0) is 22.7. The molecule has 10 nitrogen and oxygen atoms in total. The molecule has 0 atom stereocenters. The molecule has 2 amide bonds. The second-order valence-electron chi connectivity index (χ2n) is 7.61. The highest BCUT2D eigenvalue weighted by Crippen LogP contribution is 2.21. The number of urea groups is 1. The van der Waals surface area contributed by atoms with Crippen molar-refractivity contribution in [2.45, 2.75) is 4.90 Å². The molecule has 3 heterocycles. The van der Waals surface area contributed by atoms with Crippen LogP contribution < -0.4 is 10.2 Å². The van der Waals surface area contributed by atoms with Gasteiger partial charge in [0.15, 0.2) is 0 Å². The minimum Gasteiger partial charge on any atom is -0.373 e. The van der Waals surface area contributed by atoms with Crippen molar-refractivity contribution in [1.82, 2.24) is 24.1 Å². The summed E-state index contributed by atoms with van der Waals surface area (Å²) in [5.74, 6) is 1.59. The van der Waals surface area contributed by atoms with Crippen molar-refractivity contribution in [3.8, 4) is 0 Å². The fourth-order valence-corrected chi connectivity index (χ4v) is 5.55. The SMILES string of the molecule is CNc1cc(N2CCN(C(=O)N3CCN(S(=O)(=O)c4ccc(Br)cc4)CC3)CC2)ncn1. The van der Waals surface area contributed by atoms with Gasteiger partial charge in [0.2, 0.25) is 10.0 Å². The van der Waals surface area contributed by atoms with Crippen LogP contribution in [0.15, 0.2) is 46.0 Å². The van der Waals surface area contributed by atoms with Gasteiger partial charge in [0.25, 0.3) is 0 Å². The Bertz CT molecular complexity index is 1050. The Morgan fingerprint density at radius 2 is 1.53 bits per heavy atom. The van der Waals surface area contributed by atoms with Crippen molar-refractivity contribution in [2.24, 2.45) is 0 Å². The van der Waals surface area contributed by atoms with Gasteiger partial charge in [-0.15, -0.1) is 0 Å². The van der Waals surface area contributed by atoms with Gasteiger partial charge >= 0.3 is 6.03 Å². The maximum Gasteiger partial charge on any atom is 0.320 e. The number of rotatable bonds is 4. The van der Waals surface area contributed by atoms with E-state index < -0.39 is 10.0 Å². The zero-order valence-electron chi connectivity index (χ0n) is 17.8. The molecule has 1 aromatic heterocycles. The van der Waals surface area contributed by atoms with Crippen LogP contribution in [-0.2, 0) is 10.0 Å². The van der Waals surface area contributed by atoms with Gasteiger partial charge in [-0.2, -0.15) is 4.31 Å². The number of benzene rings is 1. The quantitative estimate of drug-likeness (QED) is 0.648. The molecule has 1 N–H and O–H groups in total. The Balaban J connectivity index is 1.31. The van der Waals surface area contributed by atoms with Gasteiger partial charge < -0.3 is 20.0 Å². The summed E-state index contributed by atoms with van der Waals surface area (Å²) in [5, 5.41) is 3.01. The van der Waals surface area contributed by atoms with Crippen LogP contribution in [0, 0.1) is 0 Å². The zero-order valence-corrected chi connectivity index (χ0v) is 20.2. The maximum atomic E-state index is 13.0. The summed E-state index contributed by atoms with van der Waals surface area (Å²) in [5.41, 5.74) is 0. The number of hydrogen-bond donors (Lipinski definition) is 1. The van der Waals surface area contributed by atoms with Crippen LogP contribution >= 0.6 is 15.9 Å². The molecule has 0 spiro atoms. The number of piperazine rings is 2. The van der Waals surface area contributed by atoms with Gasteiger partial charge in [-0.25, -0.2) is 23.2 Å². The molecule has 0 saturated carbocycles. The Labute approximate surface area is 196 Å². The van der Waals surface area contributed by atoms with Crippen molar-refractivity contribution >= 4 is 43.6 Å². The van der Waals surface area contributed by atoms with E-state index in [0.717, 1.165) is 16.1 Å². The molecule has 0 unspecified atom stereocenters. The van der Waals surface area contributed by atoms with Crippen LogP contribution in [0.25, 0.3) is 0 Å². The Morgan fingerprint density at radius 1 is 0.938 bits per heavy atom. The first-order valence-electron chi connectivity index (χ1n) is 10.4. The van der Waals surface area contributed by atoms with Crippen molar-refractivity contribution in [3.05, 3.63) is 41.1 Å². The van der Waals surface area contributed by atoms with E-state index in [-0.39, 0.29) is 24.0 Å². The summed E-state index contributed by atoms with van der Waals surface area (Å²) in [6, 6.07) is 8.47. The predicted octanol–water partition coefficient (Wildman–Crippen LogP) is 1.53. The van der Waals surface area contributed by atoms with Crippen molar-refractivity contribution < 1.29 is 13.2 Å². The Kier molecular flexibility index (Phi) is 6.82. The fraction of sp³-hybridized carbons (Fsp3) is 0.450. The molecule has 2 saturated heterocycles. The molecule has 2 aliphatic rings. The molecule has 2 fully saturated rings. The number of carbonyl (C=O) groups is 1. The maximum absolute atomic E-state index is 13.0. The fourth-order valence-electron chi connectivity index (χ4n) is 3.86. The van der Waals surface area contributed by atoms with E-state index in [0.29, 0.717) is 39.3 Å². The minimum absolute atomic E-state index is 0.0380. The third-order valence-corrected chi connectivity index (χ3v) is 8.19. The normalized spacial score (nSPS) is 18.0. The summed E-state index contributed by atoms with van der Waals surface area (Å²) in [7, 11) is -1.75. The molecule has 12 heteroatoms. The van der Waals surface area contributed by atoms with Gasteiger partial charge in [-0.1, -0.05) is 15.9 Å². The van der Waals surface area contributed by atoms with E-state index >= 15 is 0 Å². The molecule has 0 aliphatic carbocycles. The predicted molar refractivity (Wildman–Crippen MR) is 125 cm³/mol. The third-order valence-electron chi connectivity index (χ3n) is 5.74. The van der Waals surface area contributed by atoms with Gasteiger partial charge in [-0.3, -0.25) is 0 Å². The van der Waals surface area contributed by atoms with Crippen LogP contribution in [0.2, 0.25) is 0 Å². The van der Waals surface area contributed by atoms with E-state index in [1.54, 1.807) is 29.2 Å². The number of hydrogen-bond acceptors (Lipinski definition) is 7. The number of anilines is 2. The molecule has 0 bridgehead atoms. The number of nitrogens with zero attached hydrogens (tertiary/aromatic N) is 6. The van der Waals surface area contributed by atoms with Crippen LogP contribution in [0.5, 0.6) is 0 Å². The van der Waals surface area contributed by atoms with E-state index in [4.69, 9.17) is 0 Å². The molecule has 1 aromatic carbocycles. The number of carbonyl (C=O) groups excluding carboxylic acids is 1. The highest BCUT2D eigenvalue weighted by Gasteiger charge is 2.32. The first-order chi connectivity index (χ1) is 15.4. The smallest absolute Gasteiger partial charge is 0.320 e. The Morgan fingerprint density at radius 3 is 2.12 bits per heavy atom. The minimum atomic E-state index is -3.56. The van der Waals surface area contributed by atoms with Crippen LogP contribution in [0.4, 0.5) is 16.4 Å². The lowest BCUT2D eigenvalue weighted by molar-refractivity contribution is 0.132. The second kappa shape index (κ2) is 9.59. The highest BCUT2D eigenvalue weighted by molar-refractivity contribution is 9.10. The van der Waals surface area contributed by atoms with Gasteiger partial charge in [0.1, 0.15) is 18.0 Å². The molecule has 2 aromatic rings. The molecule has 0 radical (unpaired) electrons. The van der Waals surface area contributed by atoms with E-state index in [9.17, 15) is 13.2 Å². The summed E-state index contributed by atoms with van der Waals surface area (Å²) in [6.07, 6.45) is 1.53. The van der Waals surface area contributed by atoms with Crippen molar-refractivity contribution in [2.75, 3.05) is 69.6 Å². The van der Waals surface area contributed by atoms with E-state index in [1.165, 1.54) is 10.6 Å². The number of sulfonamides is 1. The summed E-state index contributed by atoms with van der Waals surface area (Å²) in [6.45, 7) is 3.89. The van der Waals surface area contributed by atoms with Crippen LogP contribution in [0.3, 0.4) is 0 Å². The lowest BCUT2D eigenvalue weighted by Gasteiger charge is -2.40. The first-order valence-corrected chi connectivity index (χ1v) is 12.7. The van der Waals surface area contributed by atoms with E-state index in [1.807, 2.05) is 18.0 Å². The van der Waals surface area contributed by atoms with E-state index in [2.05, 4.69) is 36.1 Å².